The summed E-state index contributed by atoms with van der Waals surface area (Å²) in [5, 5.41) is 2.84. The molecule has 0 spiro atoms. The quantitative estimate of drug-likeness (QED) is 0.830. The van der Waals surface area contributed by atoms with Crippen LogP contribution in [0.15, 0.2) is 24.3 Å². The summed E-state index contributed by atoms with van der Waals surface area (Å²) >= 11 is 0. The first-order valence-corrected chi connectivity index (χ1v) is 6.77. The minimum Gasteiger partial charge on any atom is -0.491 e. The van der Waals surface area contributed by atoms with Crippen LogP contribution in [0.2, 0.25) is 0 Å². The van der Waals surface area contributed by atoms with Gasteiger partial charge in [0.25, 0.3) is 0 Å². The molecule has 4 heteroatoms. The third-order valence-corrected chi connectivity index (χ3v) is 3.24. The summed E-state index contributed by atoms with van der Waals surface area (Å²) in [6, 6.07) is 7.23. The summed E-state index contributed by atoms with van der Waals surface area (Å²) in [6.45, 7) is 7.75. The Morgan fingerprint density at radius 2 is 1.84 bits per heavy atom. The van der Waals surface area contributed by atoms with E-state index >= 15 is 0 Å². The molecule has 0 bridgehead atoms. The zero-order chi connectivity index (χ0) is 14.4. The van der Waals surface area contributed by atoms with Crippen molar-refractivity contribution in [1.82, 2.24) is 0 Å². The second-order valence-electron chi connectivity index (χ2n) is 5.00. The van der Waals surface area contributed by atoms with Crippen molar-refractivity contribution >= 4 is 11.6 Å². The van der Waals surface area contributed by atoms with Crippen molar-refractivity contribution in [1.29, 1.82) is 0 Å². The summed E-state index contributed by atoms with van der Waals surface area (Å²) < 4.78 is 5.68. The van der Waals surface area contributed by atoms with Crippen LogP contribution in [0.5, 0.6) is 5.75 Å². The highest BCUT2D eigenvalue weighted by Gasteiger charge is 2.16. The van der Waals surface area contributed by atoms with Gasteiger partial charge in [0.05, 0.1) is 12.0 Å². The van der Waals surface area contributed by atoms with Gasteiger partial charge in [-0.1, -0.05) is 13.8 Å². The molecule has 0 saturated heterocycles. The van der Waals surface area contributed by atoms with Crippen LogP contribution in [0.4, 0.5) is 5.69 Å². The second kappa shape index (κ2) is 7.14. The first-order chi connectivity index (χ1) is 8.93. The van der Waals surface area contributed by atoms with Crippen molar-refractivity contribution in [3.63, 3.8) is 0 Å². The largest absolute Gasteiger partial charge is 0.491 e. The van der Waals surface area contributed by atoms with Gasteiger partial charge in [0.15, 0.2) is 0 Å². The van der Waals surface area contributed by atoms with Crippen molar-refractivity contribution < 1.29 is 9.53 Å². The first kappa shape index (κ1) is 15.5. The highest BCUT2D eigenvalue weighted by atomic mass is 16.5. The molecule has 1 amide bonds. The molecule has 0 aliphatic carbocycles. The number of hydrogen-bond donors (Lipinski definition) is 2. The summed E-state index contributed by atoms with van der Waals surface area (Å²) in [4.78, 5) is 11.8. The molecule has 4 nitrogen and oxygen atoms in total. The lowest BCUT2D eigenvalue weighted by Crippen LogP contribution is -2.34. The number of amides is 1. The monoisotopic (exact) mass is 264 g/mol. The summed E-state index contributed by atoms with van der Waals surface area (Å²) in [6.07, 6.45) is 1.16. The molecule has 1 rings (SSSR count). The Morgan fingerprint density at radius 1 is 1.26 bits per heavy atom. The van der Waals surface area contributed by atoms with E-state index in [2.05, 4.69) is 12.2 Å². The third-order valence-electron chi connectivity index (χ3n) is 3.24. The minimum absolute atomic E-state index is 0.0643. The molecule has 19 heavy (non-hydrogen) atoms. The molecule has 0 saturated carbocycles. The van der Waals surface area contributed by atoms with Gasteiger partial charge in [-0.3, -0.25) is 4.79 Å². The van der Waals surface area contributed by atoms with Crippen molar-refractivity contribution in [2.45, 2.75) is 46.3 Å². The van der Waals surface area contributed by atoms with E-state index in [4.69, 9.17) is 10.5 Å². The molecule has 0 fully saturated rings. The number of hydrogen-bond acceptors (Lipinski definition) is 3. The van der Waals surface area contributed by atoms with E-state index in [0.717, 1.165) is 17.9 Å². The van der Waals surface area contributed by atoms with Crippen molar-refractivity contribution in [3.05, 3.63) is 24.3 Å². The van der Waals surface area contributed by atoms with E-state index in [9.17, 15) is 4.79 Å². The maximum atomic E-state index is 11.8. The Morgan fingerprint density at radius 3 is 2.32 bits per heavy atom. The Hall–Kier alpha value is -1.55. The van der Waals surface area contributed by atoms with E-state index in [-0.39, 0.29) is 24.0 Å². The second-order valence-corrected chi connectivity index (χ2v) is 5.00. The van der Waals surface area contributed by atoms with Crippen molar-refractivity contribution in [2.75, 3.05) is 5.32 Å². The number of anilines is 1. The molecule has 1 aromatic rings. The first-order valence-electron chi connectivity index (χ1n) is 6.77. The predicted molar refractivity (Wildman–Crippen MR) is 78.3 cm³/mol. The predicted octanol–water partition coefficient (Wildman–Crippen LogP) is 2.79. The zero-order valence-electron chi connectivity index (χ0n) is 12.1. The smallest absolute Gasteiger partial charge is 0.228 e. The van der Waals surface area contributed by atoms with Gasteiger partial charge >= 0.3 is 0 Å². The number of carbonyl (C=O) groups is 1. The molecule has 1 aromatic carbocycles. The van der Waals surface area contributed by atoms with Crippen molar-refractivity contribution in [3.8, 4) is 5.75 Å². The van der Waals surface area contributed by atoms with E-state index < -0.39 is 0 Å². The summed E-state index contributed by atoms with van der Waals surface area (Å²) in [5.41, 5.74) is 6.46. The average Bonchev–Trinajstić information content (AvgIpc) is 2.39. The molecule has 0 heterocycles. The highest BCUT2D eigenvalue weighted by Crippen LogP contribution is 2.18. The van der Waals surface area contributed by atoms with Crippen LogP contribution in [0.1, 0.15) is 34.1 Å². The van der Waals surface area contributed by atoms with Crippen LogP contribution in [-0.4, -0.2) is 18.1 Å². The van der Waals surface area contributed by atoms with Crippen LogP contribution >= 0.6 is 0 Å². The molecule has 0 aromatic heterocycles. The number of ether oxygens (including phenoxy) is 1. The topological polar surface area (TPSA) is 64.3 Å². The van der Waals surface area contributed by atoms with Gasteiger partial charge in [-0.2, -0.15) is 0 Å². The lowest BCUT2D eigenvalue weighted by Gasteiger charge is -2.16. The lowest BCUT2D eigenvalue weighted by atomic mass is 10.0. The number of rotatable bonds is 6. The maximum Gasteiger partial charge on any atom is 0.228 e. The SMILES string of the molecule is CCC(C)Oc1ccc(NC(=O)C(C)C(C)N)cc1. The molecule has 0 radical (unpaired) electrons. The van der Waals surface area contributed by atoms with Crippen LogP contribution in [0.3, 0.4) is 0 Å². The fraction of sp³-hybridized carbons (Fsp3) is 0.533. The highest BCUT2D eigenvalue weighted by molar-refractivity contribution is 5.92. The van der Waals surface area contributed by atoms with E-state index in [1.54, 1.807) is 0 Å². The van der Waals surface area contributed by atoms with Crippen LogP contribution in [-0.2, 0) is 4.79 Å². The van der Waals surface area contributed by atoms with Gasteiger partial charge in [-0.05, 0) is 44.5 Å². The molecular formula is C15H24N2O2. The van der Waals surface area contributed by atoms with Gasteiger partial charge in [-0.25, -0.2) is 0 Å². The molecule has 0 aliphatic heterocycles. The van der Waals surface area contributed by atoms with Crippen LogP contribution < -0.4 is 15.8 Å². The standard InChI is InChI=1S/C15H24N2O2/c1-5-10(2)19-14-8-6-13(7-9-14)17-15(18)11(3)12(4)16/h6-12H,5,16H2,1-4H3,(H,17,18). The lowest BCUT2D eigenvalue weighted by molar-refractivity contribution is -0.119. The van der Waals surface area contributed by atoms with Gasteiger partial charge < -0.3 is 15.8 Å². The van der Waals surface area contributed by atoms with Crippen LogP contribution in [0, 0.1) is 5.92 Å². The summed E-state index contributed by atoms with van der Waals surface area (Å²) in [7, 11) is 0. The van der Waals surface area contributed by atoms with Gasteiger partial charge in [0, 0.05) is 11.7 Å². The zero-order valence-corrected chi connectivity index (χ0v) is 12.1. The Balaban J connectivity index is 2.59. The molecule has 0 aliphatic rings. The van der Waals surface area contributed by atoms with E-state index in [1.807, 2.05) is 45.0 Å². The molecule has 106 valence electrons. The summed E-state index contributed by atoms with van der Waals surface area (Å²) in [5.74, 6) is 0.536. The fourth-order valence-corrected chi connectivity index (χ4v) is 1.43. The Kier molecular flexibility index (Phi) is 5.83. The molecule has 3 N–H and O–H groups in total. The normalized spacial score (nSPS) is 15.4. The van der Waals surface area contributed by atoms with E-state index in [1.165, 1.54) is 0 Å². The van der Waals surface area contributed by atoms with Crippen LogP contribution in [0.25, 0.3) is 0 Å². The average molecular weight is 264 g/mol. The number of nitrogens with one attached hydrogen (secondary N) is 1. The Labute approximate surface area is 115 Å². The molecule has 3 unspecified atom stereocenters. The van der Waals surface area contributed by atoms with Gasteiger partial charge in [0.2, 0.25) is 5.91 Å². The Bertz CT molecular complexity index is 401. The maximum absolute atomic E-state index is 11.8. The van der Waals surface area contributed by atoms with E-state index in [0.29, 0.717) is 0 Å². The van der Waals surface area contributed by atoms with Crippen molar-refractivity contribution in [2.24, 2.45) is 11.7 Å². The number of benzene rings is 1. The number of nitrogens with two attached hydrogens (primary N) is 1. The van der Waals surface area contributed by atoms with Gasteiger partial charge in [0.1, 0.15) is 5.75 Å². The number of carbonyl (C=O) groups excluding carboxylic acids is 1. The molecule has 3 atom stereocenters. The fourth-order valence-electron chi connectivity index (χ4n) is 1.43. The third kappa shape index (κ3) is 4.91. The molecular weight excluding hydrogens is 240 g/mol. The minimum atomic E-state index is -0.212. The van der Waals surface area contributed by atoms with Gasteiger partial charge in [-0.15, -0.1) is 0 Å².